The lowest BCUT2D eigenvalue weighted by atomic mass is 9.76. The van der Waals surface area contributed by atoms with E-state index < -0.39 is 5.91 Å². The van der Waals surface area contributed by atoms with Crippen molar-refractivity contribution in [3.8, 4) is 0 Å². The fourth-order valence-electron chi connectivity index (χ4n) is 4.12. The number of hydrogen-bond donors (Lipinski definition) is 1. The molecule has 4 heteroatoms. The Balaban J connectivity index is 1.55. The van der Waals surface area contributed by atoms with Crippen LogP contribution in [-0.2, 0) is 9.59 Å². The summed E-state index contributed by atoms with van der Waals surface area (Å²) in [4.78, 5) is 22.5. The molecule has 0 spiro atoms. The monoisotopic (exact) mass is 320 g/mol. The number of nitrogens with one attached hydrogen (secondary N) is 2. The lowest BCUT2D eigenvalue weighted by Crippen LogP contribution is -2.37. The number of unbranched alkanes of at least 4 members (excludes halogenated alkanes) is 1. The largest absolute Gasteiger partial charge is 0.353 e. The van der Waals surface area contributed by atoms with E-state index in [2.05, 4.69) is 11.7 Å². The number of amides is 2. The van der Waals surface area contributed by atoms with Crippen LogP contribution in [0.1, 0.15) is 83.5 Å². The highest BCUT2D eigenvalue weighted by atomic mass is 16.2. The van der Waals surface area contributed by atoms with Gasteiger partial charge in [-0.15, -0.1) is 0 Å². The van der Waals surface area contributed by atoms with E-state index in [0.717, 1.165) is 24.7 Å². The number of carbonyl (C=O) groups excluding carboxylic acids is 2. The zero-order valence-corrected chi connectivity index (χ0v) is 14.3. The standard InChI is InChI=1S/C19H32N2O2/c20-18(22)8-4-5-9-19(23)21-17-12-10-16(11-13-17)14-15-6-2-1-3-7-15/h1,15-17,20H,2-14H2,(H,21,23). The number of rotatable bonds is 8. The summed E-state index contributed by atoms with van der Waals surface area (Å²) < 4.78 is 0. The maximum absolute atomic E-state index is 11.9. The van der Waals surface area contributed by atoms with Crippen LogP contribution in [0, 0.1) is 18.3 Å². The van der Waals surface area contributed by atoms with Crippen LogP contribution in [0.2, 0.25) is 0 Å². The van der Waals surface area contributed by atoms with Crippen molar-refractivity contribution in [2.75, 3.05) is 0 Å². The first-order valence-corrected chi connectivity index (χ1v) is 9.49. The average Bonchev–Trinajstić information content (AvgIpc) is 2.54. The van der Waals surface area contributed by atoms with Gasteiger partial charge in [0.25, 0.3) is 0 Å². The summed E-state index contributed by atoms with van der Waals surface area (Å²) in [5, 5.41) is 3.16. The molecule has 0 bridgehead atoms. The Labute approximate surface area is 141 Å². The topological polar surface area (TPSA) is 70.0 Å². The predicted octanol–water partition coefficient (Wildman–Crippen LogP) is 3.82. The van der Waals surface area contributed by atoms with Gasteiger partial charge in [0.1, 0.15) is 0 Å². The van der Waals surface area contributed by atoms with E-state index >= 15 is 0 Å². The van der Waals surface area contributed by atoms with E-state index in [4.69, 9.17) is 5.73 Å². The lowest BCUT2D eigenvalue weighted by molar-refractivity contribution is -0.123. The summed E-state index contributed by atoms with van der Waals surface area (Å²) in [5.74, 6) is 1.40. The van der Waals surface area contributed by atoms with Gasteiger partial charge in [-0.25, -0.2) is 0 Å². The van der Waals surface area contributed by atoms with Gasteiger partial charge in [-0.3, -0.25) is 15.3 Å². The first-order valence-electron chi connectivity index (χ1n) is 9.49. The fraction of sp³-hybridized carbons (Fsp3) is 0.842. The fourth-order valence-corrected chi connectivity index (χ4v) is 4.12. The molecule has 0 aromatic carbocycles. The van der Waals surface area contributed by atoms with Gasteiger partial charge in [0, 0.05) is 18.9 Å². The van der Waals surface area contributed by atoms with Crippen LogP contribution < -0.4 is 11.1 Å². The molecule has 2 saturated carbocycles. The van der Waals surface area contributed by atoms with Gasteiger partial charge in [0.05, 0.1) is 0 Å². The maximum Gasteiger partial charge on any atom is 0.238 e. The van der Waals surface area contributed by atoms with Gasteiger partial charge in [0.15, 0.2) is 0 Å². The smallest absolute Gasteiger partial charge is 0.238 e. The molecule has 0 aromatic heterocycles. The van der Waals surface area contributed by atoms with Crippen LogP contribution in [0.25, 0.3) is 0 Å². The second kappa shape index (κ2) is 9.94. The third-order valence-electron chi connectivity index (χ3n) is 5.49. The summed E-state index contributed by atoms with van der Waals surface area (Å²) in [5.41, 5.74) is 6.84. The van der Waals surface area contributed by atoms with E-state index in [0.29, 0.717) is 25.3 Å². The van der Waals surface area contributed by atoms with Gasteiger partial charge in [-0.05, 0) is 76.0 Å². The van der Waals surface area contributed by atoms with Crippen molar-refractivity contribution in [1.82, 2.24) is 11.1 Å². The molecule has 2 rings (SSSR count). The van der Waals surface area contributed by atoms with Gasteiger partial charge >= 0.3 is 0 Å². The zero-order chi connectivity index (χ0) is 16.5. The SMILES string of the molecule is [NH]C(=O)CCCCC(=O)NC1CCC(CC2CC[CH]CC2)CC1. The summed E-state index contributed by atoms with van der Waals surface area (Å²) in [6.07, 6.45) is 16.1. The van der Waals surface area contributed by atoms with Crippen LogP contribution in [0.4, 0.5) is 0 Å². The predicted molar refractivity (Wildman–Crippen MR) is 91.3 cm³/mol. The Hall–Kier alpha value is -1.06. The summed E-state index contributed by atoms with van der Waals surface area (Å²) in [7, 11) is 0. The minimum Gasteiger partial charge on any atom is -0.353 e. The van der Waals surface area contributed by atoms with E-state index in [1.165, 1.54) is 44.9 Å². The van der Waals surface area contributed by atoms with Crippen molar-refractivity contribution in [2.45, 2.75) is 89.5 Å². The van der Waals surface area contributed by atoms with Crippen molar-refractivity contribution in [3.63, 3.8) is 0 Å². The molecular formula is C19H32N2O2. The van der Waals surface area contributed by atoms with Gasteiger partial charge in [0.2, 0.25) is 11.8 Å². The quantitative estimate of drug-likeness (QED) is 0.691. The average molecular weight is 320 g/mol. The zero-order valence-electron chi connectivity index (χ0n) is 14.3. The Kier molecular flexibility index (Phi) is 7.90. The second-order valence-electron chi connectivity index (χ2n) is 7.46. The number of carbonyl (C=O) groups is 2. The Morgan fingerprint density at radius 1 is 0.913 bits per heavy atom. The minimum absolute atomic E-state index is 0.119. The summed E-state index contributed by atoms with van der Waals surface area (Å²) in [6, 6.07) is 0.358. The Morgan fingerprint density at radius 2 is 1.52 bits per heavy atom. The molecule has 0 aromatic rings. The van der Waals surface area contributed by atoms with Gasteiger partial charge in [-0.1, -0.05) is 12.8 Å². The summed E-state index contributed by atoms with van der Waals surface area (Å²) in [6.45, 7) is 0. The van der Waals surface area contributed by atoms with E-state index in [-0.39, 0.29) is 12.3 Å². The van der Waals surface area contributed by atoms with Crippen LogP contribution in [0.15, 0.2) is 0 Å². The molecule has 0 heterocycles. The third kappa shape index (κ3) is 7.36. The molecule has 23 heavy (non-hydrogen) atoms. The molecule has 2 amide bonds. The van der Waals surface area contributed by atoms with E-state index in [1.54, 1.807) is 0 Å². The van der Waals surface area contributed by atoms with Gasteiger partial charge in [-0.2, -0.15) is 0 Å². The van der Waals surface area contributed by atoms with Crippen molar-refractivity contribution in [2.24, 2.45) is 11.8 Å². The van der Waals surface area contributed by atoms with E-state index in [1.807, 2.05) is 0 Å². The van der Waals surface area contributed by atoms with Crippen molar-refractivity contribution in [3.05, 3.63) is 6.42 Å². The van der Waals surface area contributed by atoms with Crippen molar-refractivity contribution in [1.29, 1.82) is 0 Å². The van der Waals surface area contributed by atoms with E-state index in [9.17, 15) is 9.59 Å². The Bertz CT molecular complexity index is 370. The first kappa shape index (κ1) is 18.3. The molecule has 2 aliphatic carbocycles. The third-order valence-corrected chi connectivity index (χ3v) is 5.49. The van der Waals surface area contributed by atoms with Crippen LogP contribution in [0.5, 0.6) is 0 Å². The maximum atomic E-state index is 11.9. The molecule has 2 fully saturated rings. The molecule has 2 aliphatic rings. The molecule has 0 aliphatic heterocycles. The number of hydrogen-bond acceptors (Lipinski definition) is 2. The molecule has 2 N–H and O–H groups in total. The molecule has 4 nitrogen and oxygen atoms in total. The van der Waals surface area contributed by atoms with Crippen LogP contribution in [0.3, 0.4) is 0 Å². The molecule has 0 saturated heterocycles. The molecule has 130 valence electrons. The first-order chi connectivity index (χ1) is 11.1. The van der Waals surface area contributed by atoms with Crippen molar-refractivity contribution < 1.29 is 9.59 Å². The van der Waals surface area contributed by atoms with Crippen LogP contribution >= 0.6 is 0 Å². The normalized spacial score (nSPS) is 25.9. The lowest BCUT2D eigenvalue weighted by Gasteiger charge is -2.32. The highest BCUT2D eigenvalue weighted by molar-refractivity contribution is 5.76. The minimum atomic E-state index is -0.528. The Morgan fingerprint density at radius 3 is 2.17 bits per heavy atom. The highest BCUT2D eigenvalue weighted by Crippen LogP contribution is 2.35. The molecular weight excluding hydrogens is 288 g/mol. The second-order valence-corrected chi connectivity index (χ2v) is 7.46. The van der Waals surface area contributed by atoms with Crippen molar-refractivity contribution >= 4 is 11.8 Å². The van der Waals surface area contributed by atoms with Gasteiger partial charge < -0.3 is 5.32 Å². The van der Waals surface area contributed by atoms with Crippen LogP contribution in [-0.4, -0.2) is 17.9 Å². The summed E-state index contributed by atoms with van der Waals surface area (Å²) >= 11 is 0. The molecule has 0 atom stereocenters. The molecule has 0 unspecified atom stereocenters. The highest BCUT2D eigenvalue weighted by Gasteiger charge is 2.25. The molecule has 2 radical (unpaired) electrons.